The van der Waals surface area contributed by atoms with Gasteiger partial charge in [0.05, 0.1) is 6.67 Å². The van der Waals surface area contributed by atoms with E-state index in [9.17, 15) is 12.8 Å². The average molecular weight is 411 g/mol. The standard InChI is InChI=1S/C20H31FN4O2S/c1-4-24(28(26,27)16(2)3)12-11-23-9-7-19(8-10-23)25-15-22-14-17-13-18(21)5-6-20(17)25/h5-6,13,19,22H,2,4,7-12,14-15H2,1,3H3. The van der Waals surface area contributed by atoms with Gasteiger partial charge in [0, 0.05) is 55.9 Å². The van der Waals surface area contributed by atoms with E-state index in [0.717, 1.165) is 50.4 Å². The Morgan fingerprint density at radius 2 is 2.07 bits per heavy atom. The van der Waals surface area contributed by atoms with Crippen molar-refractivity contribution in [2.75, 3.05) is 44.3 Å². The molecule has 2 heterocycles. The zero-order chi connectivity index (χ0) is 20.3. The molecule has 0 aliphatic carbocycles. The van der Waals surface area contributed by atoms with E-state index in [-0.39, 0.29) is 10.7 Å². The van der Waals surface area contributed by atoms with Crippen LogP contribution < -0.4 is 10.2 Å². The second-order valence-corrected chi connectivity index (χ2v) is 9.76. The van der Waals surface area contributed by atoms with Crippen LogP contribution in [-0.2, 0) is 16.6 Å². The fourth-order valence-corrected chi connectivity index (χ4v) is 5.18. The minimum Gasteiger partial charge on any atom is -0.355 e. The molecule has 6 nitrogen and oxygen atoms in total. The van der Waals surface area contributed by atoms with Gasteiger partial charge in [0.15, 0.2) is 0 Å². The van der Waals surface area contributed by atoms with E-state index in [1.807, 2.05) is 13.0 Å². The third-order valence-electron chi connectivity index (χ3n) is 5.75. The molecular weight excluding hydrogens is 379 g/mol. The van der Waals surface area contributed by atoms with Crippen molar-refractivity contribution in [3.63, 3.8) is 0 Å². The summed E-state index contributed by atoms with van der Waals surface area (Å²) >= 11 is 0. The number of sulfonamides is 1. The van der Waals surface area contributed by atoms with Crippen LogP contribution in [0.25, 0.3) is 0 Å². The Kier molecular flexibility index (Phi) is 6.75. The van der Waals surface area contributed by atoms with Gasteiger partial charge in [-0.3, -0.25) is 5.32 Å². The van der Waals surface area contributed by atoms with E-state index in [4.69, 9.17) is 0 Å². The van der Waals surface area contributed by atoms with E-state index >= 15 is 0 Å². The number of fused-ring (bicyclic) bond motifs is 1. The highest BCUT2D eigenvalue weighted by Gasteiger charge is 2.29. The minimum absolute atomic E-state index is 0.192. The van der Waals surface area contributed by atoms with Gasteiger partial charge >= 0.3 is 0 Å². The fourth-order valence-electron chi connectivity index (χ4n) is 4.07. The Bertz CT molecular complexity index is 806. The number of likely N-dealkylation sites (tertiary alicyclic amines) is 1. The van der Waals surface area contributed by atoms with Crippen LogP contribution in [-0.4, -0.2) is 63.1 Å². The van der Waals surface area contributed by atoms with Crippen LogP contribution in [0, 0.1) is 5.82 Å². The van der Waals surface area contributed by atoms with E-state index in [2.05, 4.69) is 21.7 Å². The molecule has 1 N–H and O–H groups in total. The molecule has 1 aromatic carbocycles. The van der Waals surface area contributed by atoms with Crippen molar-refractivity contribution in [2.45, 2.75) is 39.3 Å². The summed E-state index contributed by atoms with van der Waals surface area (Å²) in [6.45, 7) is 12.0. The molecule has 2 aliphatic heterocycles. The van der Waals surface area contributed by atoms with Crippen LogP contribution in [0.5, 0.6) is 0 Å². The van der Waals surface area contributed by atoms with Crippen molar-refractivity contribution < 1.29 is 12.8 Å². The maximum Gasteiger partial charge on any atom is 0.238 e. The smallest absolute Gasteiger partial charge is 0.238 e. The summed E-state index contributed by atoms with van der Waals surface area (Å²) in [6, 6.07) is 5.45. The Hall–Kier alpha value is -1.48. The topological polar surface area (TPSA) is 55.9 Å². The number of allylic oxidation sites excluding steroid dienone is 1. The summed E-state index contributed by atoms with van der Waals surface area (Å²) in [5.41, 5.74) is 2.14. The number of likely N-dealkylation sites (N-methyl/N-ethyl adjacent to an activating group) is 1. The van der Waals surface area contributed by atoms with Crippen molar-refractivity contribution in [1.82, 2.24) is 14.5 Å². The summed E-state index contributed by atoms with van der Waals surface area (Å²) < 4.78 is 39.6. The molecule has 28 heavy (non-hydrogen) atoms. The van der Waals surface area contributed by atoms with Crippen LogP contribution in [0.2, 0.25) is 0 Å². The van der Waals surface area contributed by atoms with Crippen molar-refractivity contribution in [3.8, 4) is 0 Å². The van der Waals surface area contributed by atoms with E-state index in [0.29, 0.717) is 25.7 Å². The molecule has 0 atom stereocenters. The summed E-state index contributed by atoms with van der Waals surface area (Å²) in [5, 5.41) is 3.37. The van der Waals surface area contributed by atoms with Crippen LogP contribution in [0.4, 0.5) is 10.1 Å². The third kappa shape index (κ3) is 4.56. The lowest BCUT2D eigenvalue weighted by molar-refractivity contribution is 0.196. The van der Waals surface area contributed by atoms with Gasteiger partial charge in [0.1, 0.15) is 5.82 Å². The highest BCUT2D eigenvalue weighted by molar-refractivity contribution is 7.92. The molecule has 0 aromatic heterocycles. The predicted molar refractivity (Wildman–Crippen MR) is 111 cm³/mol. The highest BCUT2D eigenvalue weighted by atomic mass is 32.2. The van der Waals surface area contributed by atoms with Crippen LogP contribution in [0.3, 0.4) is 0 Å². The van der Waals surface area contributed by atoms with E-state index in [1.54, 1.807) is 13.0 Å². The minimum atomic E-state index is -3.39. The number of nitrogens with one attached hydrogen (secondary N) is 1. The molecule has 0 unspecified atom stereocenters. The van der Waals surface area contributed by atoms with Gasteiger partial charge in [-0.15, -0.1) is 0 Å². The lowest BCUT2D eigenvalue weighted by atomic mass is 10.00. The molecule has 1 saturated heterocycles. The largest absolute Gasteiger partial charge is 0.355 e. The highest BCUT2D eigenvalue weighted by Crippen LogP contribution is 2.29. The number of rotatable bonds is 7. The Labute approximate surface area is 168 Å². The number of nitrogens with zero attached hydrogens (tertiary/aromatic N) is 3. The van der Waals surface area contributed by atoms with E-state index in [1.165, 1.54) is 10.4 Å². The molecular formula is C20H31FN4O2S. The SMILES string of the molecule is C=C(C)S(=O)(=O)N(CC)CCN1CCC(N2CNCc3cc(F)ccc32)CC1. The first kappa shape index (κ1) is 21.2. The Balaban J connectivity index is 1.55. The zero-order valence-corrected chi connectivity index (χ0v) is 17.6. The first-order valence-electron chi connectivity index (χ1n) is 9.96. The fraction of sp³-hybridized carbons (Fsp3) is 0.600. The number of anilines is 1. The second kappa shape index (κ2) is 8.90. The molecule has 3 rings (SSSR count). The molecule has 0 radical (unpaired) electrons. The molecule has 8 heteroatoms. The molecule has 0 saturated carbocycles. The average Bonchev–Trinajstić information content (AvgIpc) is 2.68. The van der Waals surface area contributed by atoms with Gasteiger partial charge < -0.3 is 9.80 Å². The van der Waals surface area contributed by atoms with Crippen molar-refractivity contribution >= 4 is 15.7 Å². The predicted octanol–water partition coefficient (Wildman–Crippen LogP) is 2.34. The van der Waals surface area contributed by atoms with E-state index < -0.39 is 10.0 Å². The lowest BCUT2D eigenvalue weighted by Gasteiger charge is -2.42. The molecule has 2 aliphatic rings. The normalized spacial score (nSPS) is 19.1. The molecule has 1 aromatic rings. The third-order valence-corrected chi connectivity index (χ3v) is 7.75. The van der Waals surface area contributed by atoms with Crippen LogP contribution in [0.15, 0.2) is 29.7 Å². The quantitative estimate of drug-likeness (QED) is 0.748. The number of hydrogen-bond donors (Lipinski definition) is 1. The lowest BCUT2D eigenvalue weighted by Crippen LogP contribution is -2.51. The molecule has 1 fully saturated rings. The zero-order valence-electron chi connectivity index (χ0n) is 16.8. The number of piperidine rings is 1. The Morgan fingerprint density at radius 1 is 1.36 bits per heavy atom. The molecule has 0 bridgehead atoms. The number of halogens is 1. The maximum absolute atomic E-state index is 13.5. The summed E-state index contributed by atoms with van der Waals surface area (Å²) in [6.07, 6.45) is 2.02. The second-order valence-electron chi connectivity index (χ2n) is 7.60. The summed E-state index contributed by atoms with van der Waals surface area (Å²) in [4.78, 5) is 4.87. The van der Waals surface area contributed by atoms with Crippen molar-refractivity contribution in [2.24, 2.45) is 0 Å². The monoisotopic (exact) mass is 410 g/mol. The van der Waals surface area contributed by atoms with Crippen molar-refractivity contribution in [1.29, 1.82) is 0 Å². The number of hydrogen-bond acceptors (Lipinski definition) is 5. The van der Waals surface area contributed by atoms with Crippen molar-refractivity contribution in [3.05, 3.63) is 41.1 Å². The molecule has 0 spiro atoms. The first-order valence-corrected chi connectivity index (χ1v) is 11.4. The number of benzene rings is 1. The summed E-state index contributed by atoms with van der Waals surface area (Å²) in [5.74, 6) is -0.192. The van der Waals surface area contributed by atoms with Gasteiger partial charge in [-0.2, -0.15) is 4.31 Å². The maximum atomic E-state index is 13.5. The van der Waals surface area contributed by atoms with Crippen LogP contribution >= 0.6 is 0 Å². The summed E-state index contributed by atoms with van der Waals surface area (Å²) in [7, 11) is -3.39. The molecule has 0 amide bonds. The van der Waals surface area contributed by atoms with Gasteiger partial charge in [-0.1, -0.05) is 13.5 Å². The van der Waals surface area contributed by atoms with Gasteiger partial charge in [-0.25, -0.2) is 12.8 Å². The van der Waals surface area contributed by atoms with Gasteiger partial charge in [-0.05, 0) is 43.5 Å². The Morgan fingerprint density at radius 3 is 2.71 bits per heavy atom. The van der Waals surface area contributed by atoms with Gasteiger partial charge in [0.25, 0.3) is 0 Å². The van der Waals surface area contributed by atoms with Gasteiger partial charge in [0.2, 0.25) is 10.0 Å². The first-order chi connectivity index (χ1) is 13.3. The molecule has 156 valence electrons. The van der Waals surface area contributed by atoms with Crippen LogP contribution in [0.1, 0.15) is 32.3 Å².